The maximum absolute atomic E-state index is 13.4. The fraction of sp³-hybridized carbons (Fsp3) is 0.440. The summed E-state index contributed by atoms with van der Waals surface area (Å²) in [6, 6.07) is 7.32. The van der Waals surface area contributed by atoms with Crippen molar-refractivity contribution in [2.75, 3.05) is 31.5 Å². The number of amides is 1. The molecule has 0 fully saturated rings. The molecule has 40 heavy (non-hydrogen) atoms. The van der Waals surface area contributed by atoms with E-state index in [0.29, 0.717) is 11.3 Å². The number of hydrogen-bond donors (Lipinski definition) is 2. The Labute approximate surface area is 238 Å². The molecule has 3 aromatic rings. The van der Waals surface area contributed by atoms with E-state index in [9.17, 15) is 26.7 Å². The fourth-order valence-corrected chi connectivity index (χ4v) is 7.78. The smallest absolute Gasteiger partial charge is 0.280 e. The van der Waals surface area contributed by atoms with Crippen LogP contribution in [0.2, 0.25) is 0 Å². The van der Waals surface area contributed by atoms with Crippen molar-refractivity contribution in [1.82, 2.24) is 18.8 Å². The number of rotatable bonds is 9. The number of aliphatic hydroxyl groups excluding tert-OH is 1. The van der Waals surface area contributed by atoms with E-state index in [-0.39, 0.29) is 52.9 Å². The average molecular weight is 612 g/mol. The van der Waals surface area contributed by atoms with E-state index >= 15 is 0 Å². The van der Waals surface area contributed by atoms with Crippen LogP contribution in [0.1, 0.15) is 19.4 Å². The summed E-state index contributed by atoms with van der Waals surface area (Å²) in [5.41, 5.74) is 0.632. The Morgan fingerprint density at radius 2 is 2.02 bits per heavy atom. The van der Waals surface area contributed by atoms with Crippen LogP contribution >= 0.6 is 11.3 Å². The standard InChI is InChI=1S/C25H33N5O7S3/c1-17-12-30(18(2)15-31)24(32)11-19-10-20(27-39(33,34)23-14-28(3)16-26-23)7-8-21(19)37-22(17)13-29(4)40(35,36)25-6-5-9-38-25/h5-10,14,16-18,22,27,31H,11-13,15H2,1-4H3/t17-,18+,22+/m0/s1. The van der Waals surface area contributed by atoms with Crippen molar-refractivity contribution in [1.29, 1.82) is 0 Å². The summed E-state index contributed by atoms with van der Waals surface area (Å²) in [7, 11) is -4.60. The van der Waals surface area contributed by atoms with Gasteiger partial charge in [-0.25, -0.2) is 13.4 Å². The van der Waals surface area contributed by atoms with Gasteiger partial charge in [-0.05, 0) is 36.6 Å². The lowest BCUT2D eigenvalue weighted by Crippen LogP contribution is -2.48. The minimum Gasteiger partial charge on any atom is -0.488 e. The molecule has 3 heterocycles. The molecule has 0 unspecified atom stereocenters. The lowest BCUT2D eigenvalue weighted by molar-refractivity contribution is -0.134. The molecule has 1 aliphatic rings. The van der Waals surface area contributed by atoms with E-state index in [2.05, 4.69) is 9.71 Å². The van der Waals surface area contributed by atoms with Gasteiger partial charge in [-0.2, -0.15) is 12.7 Å². The number of anilines is 1. The van der Waals surface area contributed by atoms with Gasteiger partial charge in [-0.3, -0.25) is 9.52 Å². The maximum Gasteiger partial charge on any atom is 0.280 e. The van der Waals surface area contributed by atoms with Crippen LogP contribution in [0.25, 0.3) is 0 Å². The summed E-state index contributed by atoms with van der Waals surface area (Å²) < 4.78 is 63.7. The highest BCUT2D eigenvalue weighted by atomic mass is 32.2. The number of nitrogens with one attached hydrogen (secondary N) is 1. The number of likely N-dealkylation sites (N-methyl/N-ethyl adjacent to an activating group) is 1. The number of aliphatic hydroxyl groups is 1. The number of hydrogen-bond acceptors (Lipinski definition) is 9. The first kappa shape index (κ1) is 30.0. The van der Waals surface area contributed by atoms with Crippen LogP contribution in [0, 0.1) is 5.92 Å². The molecule has 0 saturated carbocycles. The first-order chi connectivity index (χ1) is 18.8. The number of imidazole rings is 1. The van der Waals surface area contributed by atoms with Crippen LogP contribution in [0.4, 0.5) is 5.69 Å². The molecule has 0 aliphatic carbocycles. The van der Waals surface area contributed by atoms with Crippen LogP contribution < -0.4 is 9.46 Å². The summed E-state index contributed by atoms with van der Waals surface area (Å²) in [4.78, 5) is 18.8. The van der Waals surface area contributed by atoms with Gasteiger partial charge < -0.3 is 19.3 Å². The Balaban J connectivity index is 1.68. The molecule has 4 rings (SSSR count). The average Bonchev–Trinajstić information content (AvgIpc) is 3.60. The molecule has 2 N–H and O–H groups in total. The van der Waals surface area contributed by atoms with Gasteiger partial charge in [-0.15, -0.1) is 11.3 Å². The van der Waals surface area contributed by atoms with Crippen molar-refractivity contribution < 1.29 is 31.5 Å². The molecule has 0 saturated heterocycles. The van der Waals surface area contributed by atoms with Crippen molar-refractivity contribution in [2.45, 2.75) is 41.6 Å². The number of benzene rings is 1. The second-order valence-corrected chi connectivity index (χ2v) is 14.8. The Morgan fingerprint density at radius 3 is 2.65 bits per heavy atom. The zero-order chi connectivity index (χ0) is 29.2. The molecule has 0 spiro atoms. The highest BCUT2D eigenvalue weighted by molar-refractivity contribution is 7.92. The number of fused-ring (bicyclic) bond motifs is 1. The van der Waals surface area contributed by atoms with E-state index in [1.165, 1.54) is 46.6 Å². The maximum atomic E-state index is 13.4. The summed E-state index contributed by atoms with van der Waals surface area (Å²) in [5, 5.41) is 11.4. The Morgan fingerprint density at radius 1 is 1.27 bits per heavy atom. The van der Waals surface area contributed by atoms with Gasteiger partial charge in [0.2, 0.25) is 5.91 Å². The molecule has 1 amide bonds. The summed E-state index contributed by atoms with van der Waals surface area (Å²) in [6.07, 6.45) is 1.97. The lowest BCUT2D eigenvalue weighted by Gasteiger charge is -2.33. The lowest BCUT2D eigenvalue weighted by atomic mass is 10.0. The van der Waals surface area contributed by atoms with Gasteiger partial charge in [0.25, 0.3) is 20.0 Å². The molecule has 3 atom stereocenters. The van der Waals surface area contributed by atoms with Crippen LogP contribution in [0.3, 0.4) is 0 Å². The second kappa shape index (κ2) is 11.9. The van der Waals surface area contributed by atoms with Gasteiger partial charge in [0.15, 0.2) is 5.03 Å². The quantitative estimate of drug-likeness (QED) is 0.372. The minimum absolute atomic E-state index is 0.00440. The number of aryl methyl sites for hydroxylation is 1. The van der Waals surface area contributed by atoms with Gasteiger partial charge in [0, 0.05) is 44.0 Å². The molecule has 1 aromatic carbocycles. The number of sulfonamides is 2. The van der Waals surface area contributed by atoms with Crippen LogP contribution in [0.15, 0.2) is 57.5 Å². The summed E-state index contributed by atoms with van der Waals surface area (Å²) in [5.74, 6) is -0.248. The normalized spacial score (nSPS) is 19.4. The predicted octanol–water partition coefficient (Wildman–Crippen LogP) is 1.75. The van der Waals surface area contributed by atoms with Gasteiger partial charge in [-0.1, -0.05) is 13.0 Å². The first-order valence-corrected chi connectivity index (χ1v) is 16.3. The van der Waals surface area contributed by atoms with E-state index in [1.807, 2.05) is 6.92 Å². The SMILES string of the molecule is C[C@H](CO)N1C[C@H](C)[C@@H](CN(C)S(=O)(=O)c2cccs2)Oc2ccc(NS(=O)(=O)c3cn(C)cn3)cc2CC1=O. The van der Waals surface area contributed by atoms with Gasteiger partial charge in [0.1, 0.15) is 16.1 Å². The fourth-order valence-electron chi connectivity index (χ4n) is 4.36. The highest BCUT2D eigenvalue weighted by Gasteiger charge is 2.34. The monoisotopic (exact) mass is 611 g/mol. The van der Waals surface area contributed by atoms with E-state index in [1.54, 1.807) is 36.4 Å². The van der Waals surface area contributed by atoms with Crippen molar-refractivity contribution in [3.63, 3.8) is 0 Å². The number of aromatic nitrogens is 2. The third kappa shape index (κ3) is 6.49. The predicted molar refractivity (Wildman–Crippen MR) is 150 cm³/mol. The molecular weight excluding hydrogens is 579 g/mol. The van der Waals surface area contributed by atoms with Crippen molar-refractivity contribution in [3.8, 4) is 5.75 Å². The molecule has 1 aliphatic heterocycles. The first-order valence-electron chi connectivity index (χ1n) is 12.5. The molecule has 2 aromatic heterocycles. The van der Waals surface area contributed by atoms with Crippen LogP contribution in [0.5, 0.6) is 5.75 Å². The van der Waals surface area contributed by atoms with E-state index < -0.39 is 32.2 Å². The Hall–Kier alpha value is -2.98. The number of ether oxygens (including phenoxy) is 1. The Kier molecular flexibility index (Phi) is 8.89. The molecule has 0 radical (unpaired) electrons. The highest BCUT2D eigenvalue weighted by Crippen LogP contribution is 2.31. The van der Waals surface area contributed by atoms with E-state index in [0.717, 1.165) is 11.3 Å². The zero-order valence-corrected chi connectivity index (χ0v) is 25.0. The Bertz CT molecular complexity index is 1550. The van der Waals surface area contributed by atoms with Crippen LogP contribution in [-0.2, 0) is 38.3 Å². The minimum atomic E-state index is -3.98. The molecule has 15 heteroatoms. The molecule has 218 valence electrons. The molecule has 12 nitrogen and oxygen atoms in total. The van der Waals surface area contributed by atoms with Crippen molar-refractivity contribution >= 4 is 43.0 Å². The zero-order valence-electron chi connectivity index (χ0n) is 22.6. The number of carbonyl (C=O) groups excluding carboxylic acids is 1. The third-order valence-corrected chi connectivity index (χ3v) is 11.2. The largest absolute Gasteiger partial charge is 0.488 e. The number of carbonyl (C=O) groups is 1. The summed E-state index contributed by atoms with van der Waals surface area (Å²) in [6.45, 7) is 3.56. The second-order valence-electron chi connectivity index (χ2n) is 9.91. The third-order valence-electron chi connectivity index (χ3n) is 6.72. The van der Waals surface area contributed by atoms with Crippen molar-refractivity contribution in [2.24, 2.45) is 13.0 Å². The van der Waals surface area contributed by atoms with E-state index in [4.69, 9.17) is 4.74 Å². The topological polar surface area (TPSA) is 151 Å². The molecule has 0 bridgehead atoms. The van der Waals surface area contributed by atoms with Crippen molar-refractivity contribution in [3.05, 3.63) is 53.8 Å². The van der Waals surface area contributed by atoms with Crippen LogP contribution in [-0.4, -0.2) is 85.5 Å². The number of thiophene rings is 1. The molecular formula is C25H33N5O7S3. The number of nitrogens with zero attached hydrogens (tertiary/aromatic N) is 4. The van der Waals surface area contributed by atoms with Gasteiger partial charge in [0.05, 0.1) is 31.9 Å². The van der Waals surface area contributed by atoms with Gasteiger partial charge >= 0.3 is 0 Å². The summed E-state index contributed by atoms with van der Waals surface area (Å²) >= 11 is 1.12.